The number of rotatable bonds is 3. The Morgan fingerprint density at radius 3 is 2.58 bits per heavy atom. The second-order valence-electron chi connectivity index (χ2n) is 5.32. The average molecular weight is 263 g/mol. The molecule has 0 fully saturated rings. The summed E-state index contributed by atoms with van der Waals surface area (Å²) in [6.07, 6.45) is 0. The Kier molecular flexibility index (Phi) is 3.44. The summed E-state index contributed by atoms with van der Waals surface area (Å²) in [6.45, 7) is 6.60. The van der Waals surface area contributed by atoms with Crippen molar-refractivity contribution in [1.29, 1.82) is 0 Å². The molecule has 1 aromatic carbocycles. The first-order valence-corrected chi connectivity index (χ1v) is 5.95. The molecule has 1 aromatic heterocycles. The summed E-state index contributed by atoms with van der Waals surface area (Å²) < 4.78 is 5.12. The summed E-state index contributed by atoms with van der Waals surface area (Å²) in [4.78, 5) is 4.22. The molecule has 2 aromatic rings. The Morgan fingerprint density at radius 2 is 1.95 bits per heavy atom. The minimum absolute atomic E-state index is 0.0363. The summed E-state index contributed by atoms with van der Waals surface area (Å²) in [7, 11) is 0. The summed E-state index contributed by atoms with van der Waals surface area (Å²) in [6, 6.07) is 4.39. The van der Waals surface area contributed by atoms with Gasteiger partial charge < -0.3 is 20.1 Å². The van der Waals surface area contributed by atoms with Crippen molar-refractivity contribution in [3.63, 3.8) is 0 Å². The summed E-state index contributed by atoms with van der Waals surface area (Å²) in [5, 5.41) is 25.8. The minimum Gasteiger partial charge on any atom is -0.504 e. The van der Waals surface area contributed by atoms with Crippen molar-refractivity contribution in [1.82, 2.24) is 15.5 Å². The van der Waals surface area contributed by atoms with Crippen molar-refractivity contribution in [3.8, 4) is 22.9 Å². The molecule has 19 heavy (non-hydrogen) atoms. The highest BCUT2D eigenvalue weighted by molar-refractivity contribution is 5.59. The fraction of sp³-hybridized carbons (Fsp3) is 0.385. The van der Waals surface area contributed by atoms with Gasteiger partial charge in [-0.25, -0.2) is 0 Å². The fourth-order valence-corrected chi connectivity index (χ4v) is 1.45. The number of benzene rings is 1. The van der Waals surface area contributed by atoms with E-state index in [0.717, 1.165) is 0 Å². The Hall–Kier alpha value is -2.08. The molecule has 0 saturated carbocycles. The number of nitrogens with one attached hydrogen (secondary N) is 1. The zero-order valence-corrected chi connectivity index (χ0v) is 11.1. The standard InChI is InChI=1S/C13H17N3O3/c1-13(2,3)14-7-11-15-12(16-19-11)8-4-5-9(17)10(18)6-8/h4-6,14,17-18H,7H2,1-3H3. The molecule has 0 aliphatic heterocycles. The molecular formula is C13H17N3O3. The largest absolute Gasteiger partial charge is 0.504 e. The number of phenolic OH excluding ortho intramolecular Hbond substituents is 2. The maximum Gasteiger partial charge on any atom is 0.240 e. The lowest BCUT2D eigenvalue weighted by molar-refractivity contribution is 0.336. The monoisotopic (exact) mass is 263 g/mol. The van der Waals surface area contributed by atoms with E-state index in [1.54, 1.807) is 6.07 Å². The van der Waals surface area contributed by atoms with Gasteiger partial charge in [-0.1, -0.05) is 5.16 Å². The molecule has 0 saturated heterocycles. The third-order valence-corrected chi connectivity index (χ3v) is 2.47. The maximum absolute atomic E-state index is 9.43. The van der Waals surface area contributed by atoms with Crippen molar-refractivity contribution in [2.24, 2.45) is 0 Å². The zero-order valence-electron chi connectivity index (χ0n) is 11.1. The number of aromatic hydroxyl groups is 2. The highest BCUT2D eigenvalue weighted by atomic mass is 16.5. The number of hydrogen-bond donors (Lipinski definition) is 3. The van der Waals surface area contributed by atoms with E-state index in [1.165, 1.54) is 12.1 Å². The number of hydrogen-bond acceptors (Lipinski definition) is 6. The van der Waals surface area contributed by atoms with Crippen LogP contribution in [-0.2, 0) is 6.54 Å². The molecule has 0 spiro atoms. The van der Waals surface area contributed by atoms with Gasteiger partial charge in [0.25, 0.3) is 0 Å². The van der Waals surface area contributed by atoms with E-state index in [1.807, 2.05) is 20.8 Å². The van der Waals surface area contributed by atoms with Gasteiger partial charge in [-0.3, -0.25) is 0 Å². The average Bonchev–Trinajstić information content (AvgIpc) is 2.78. The molecule has 0 unspecified atom stereocenters. The van der Waals surface area contributed by atoms with Crippen LogP contribution in [0.1, 0.15) is 26.7 Å². The van der Waals surface area contributed by atoms with E-state index >= 15 is 0 Å². The van der Waals surface area contributed by atoms with Crippen LogP contribution >= 0.6 is 0 Å². The molecule has 0 atom stereocenters. The van der Waals surface area contributed by atoms with Gasteiger partial charge in [-0.2, -0.15) is 4.98 Å². The Bertz CT molecular complexity index is 573. The van der Waals surface area contributed by atoms with Gasteiger partial charge in [0, 0.05) is 11.1 Å². The van der Waals surface area contributed by atoms with Gasteiger partial charge in [-0.15, -0.1) is 0 Å². The zero-order chi connectivity index (χ0) is 14.0. The van der Waals surface area contributed by atoms with E-state index < -0.39 is 0 Å². The lowest BCUT2D eigenvalue weighted by atomic mass is 10.1. The van der Waals surface area contributed by atoms with Crippen molar-refractivity contribution in [2.45, 2.75) is 32.9 Å². The predicted molar refractivity (Wildman–Crippen MR) is 69.7 cm³/mol. The van der Waals surface area contributed by atoms with Crippen LogP contribution in [0.15, 0.2) is 22.7 Å². The van der Waals surface area contributed by atoms with Gasteiger partial charge in [0.1, 0.15) is 0 Å². The van der Waals surface area contributed by atoms with Crippen molar-refractivity contribution >= 4 is 0 Å². The molecule has 0 aliphatic carbocycles. The second-order valence-corrected chi connectivity index (χ2v) is 5.32. The fourth-order valence-electron chi connectivity index (χ4n) is 1.45. The molecule has 6 heteroatoms. The molecule has 1 heterocycles. The first-order valence-electron chi connectivity index (χ1n) is 5.95. The molecule has 3 N–H and O–H groups in total. The normalized spacial score (nSPS) is 11.7. The van der Waals surface area contributed by atoms with Crippen LogP contribution in [0.25, 0.3) is 11.4 Å². The van der Waals surface area contributed by atoms with E-state index in [4.69, 9.17) is 4.52 Å². The lowest BCUT2D eigenvalue weighted by Crippen LogP contribution is -2.35. The first kappa shape index (κ1) is 13.4. The van der Waals surface area contributed by atoms with Gasteiger partial charge in [0.2, 0.25) is 11.7 Å². The van der Waals surface area contributed by atoms with Crippen molar-refractivity contribution < 1.29 is 14.7 Å². The van der Waals surface area contributed by atoms with Crippen LogP contribution in [0.5, 0.6) is 11.5 Å². The molecule has 0 bridgehead atoms. The van der Waals surface area contributed by atoms with Gasteiger partial charge in [0.05, 0.1) is 6.54 Å². The minimum atomic E-state index is -0.211. The van der Waals surface area contributed by atoms with E-state index in [-0.39, 0.29) is 17.0 Å². The quantitative estimate of drug-likeness (QED) is 0.734. The van der Waals surface area contributed by atoms with Crippen LogP contribution < -0.4 is 5.32 Å². The predicted octanol–water partition coefficient (Wildman–Crippen LogP) is 2.04. The Labute approximate surface area is 111 Å². The SMILES string of the molecule is CC(C)(C)NCc1nc(-c2ccc(O)c(O)c2)no1. The van der Waals surface area contributed by atoms with Crippen LogP contribution in [0.4, 0.5) is 0 Å². The number of aromatic nitrogens is 2. The van der Waals surface area contributed by atoms with Gasteiger partial charge >= 0.3 is 0 Å². The van der Waals surface area contributed by atoms with E-state index in [0.29, 0.717) is 23.8 Å². The summed E-state index contributed by atoms with van der Waals surface area (Å²) >= 11 is 0. The third-order valence-electron chi connectivity index (χ3n) is 2.47. The van der Waals surface area contributed by atoms with Crippen molar-refractivity contribution in [2.75, 3.05) is 0 Å². The van der Waals surface area contributed by atoms with Crippen LogP contribution in [0.3, 0.4) is 0 Å². The summed E-state index contributed by atoms with van der Waals surface area (Å²) in [5.41, 5.74) is 0.548. The second kappa shape index (κ2) is 4.89. The van der Waals surface area contributed by atoms with Crippen LogP contribution in [0, 0.1) is 0 Å². The van der Waals surface area contributed by atoms with E-state index in [9.17, 15) is 10.2 Å². The topological polar surface area (TPSA) is 91.4 Å². The number of nitrogens with zero attached hydrogens (tertiary/aromatic N) is 2. The smallest absolute Gasteiger partial charge is 0.240 e. The van der Waals surface area contributed by atoms with Crippen LogP contribution in [-0.4, -0.2) is 25.9 Å². The Morgan fingerprint density at radius 1 is 1.21 bits per heavy atom. The summed E-state index contributed by atoms with van der Waals surface area (Å²) in [5.74, 6) is 0.456. The molecule has 2 rings (SSSR count). The maximum atomic E-state index is 9.43. The number of phenols is 2. The third kappa shape index (κ3) is 3.45. The van der Waals surface area contributed by atoms with Crippen molar-refractivity contribution in [3.05, 3.63) is 24.1 Å². The molecule has 0 radical (unpaired) electrons. The molecule has 0 amide bonds. The molecule has 0 aliphatic rings. The Balaban J connectivity index is 2.14. The van der Waals surface area contributed by atoms with E-state index in [2.05, 4.69) is 15.5 Å². The molecule has 6 nitrogen and oxygen atoms in total. The first-order chi connectivity index (χ1) is 8.85. The highest BCUT2D eigenvalue weighted by Crippen LogP contribution is 2.29. The van der Waals surface area contributed by atoms with Gasteiger partial charge in [-0.05, 0) is 39.0 Å². The molecular weight excluding hydrogens is 246 g/mol. The highest BCUT2D eigenvalue weighted by Gasteiger charge is 2.13. The lowest BCUT2D eigenvalue weighted by Gasteiger charge is -2.18. The van der Waals surface area contributed by atoms with Gasteiger partial charge in [0.15, 0.2) is 11.5 Å². The molecule has 102 valence electrons. The van der Waals surface area contributed by atoms with Crippen LogP contribution in [0.2, 0.25) is 0 Å².